The molecule has 0 saturated carbocycles. The van der Waals surface area contributed by atoms with Crippen LogP contribution in [0.25, 0.3) is 11.4 Å². The van der Waals surface area contributed by atoms with Crippen molar-refractivity contribution in [2.75, 3.05) is 13.1 Å². The fourth-order valence-electron chi connectivity index (χ4n) is 1.83. The van der Waals surface area contributed by atoms with E-state index in [0.29, 0.717) is 23.2 Å². The van der Waals surface area contributed by atoms with Crippen molar-refractivity contribution in [3.8, 4) is 11.4 Å². The van der Waals surface area contributed by atoms with Crippen molar-refractivity contribution >= 4 is 12.4 Å². The highest BCUT2D eigenvalue weighted by Crippen LogP contribution is 2.20. The summed E-state index contributed by atoms with van der Waals surface area (Å²) in [5.74, 6) is 1.13. The molecule has 96 valence electrons. The van der Waals surface area contributed by atoms with Crippen LogP contribution in [0, 0.1) is 11.7 Å². The lowest BCUT2D eigenvalue weighted by Crippen LogP contribution is -2.43. The molecular formula is C12H13ClFN3O. The molecule has 18 heavy (non-hydrogen) atoms. The largest absolute Gasteiger partial charge is 0.339 e. The van der Waals surface area contributed by atoms with Gasteiger partial charge in [-0.2, -0.15) is 4.98 Å². The van der Waals surface area contributed by atoms with Gasteiger partial charge in [-0.05, 0) is 31.1 Å². The average molecular weight is 270 g/mol. The number of aromatic nitrogens is 2. The highest BCUT2D eigenvalue weighted by atomic mass is 35.5. The van der Waals surface area contributed by atoms with E-state index in [1.54, 1.807) is 18.2 Å². The Kier molecular flexibility index (Phi) is 3.93. The monoisotopic (exact) mass is 269 g/mol. The lowest BCUT2D eigenvalue weighted by atomic mass is 10.00. The van der Waals surface area contributed by atoms with Crippen LogP contribution in [0.4, 0.5) is 4.39 Å². The average Bonchev–Trinajstić information content (AvgIpc) is 2.73. The van der Waals surface area contributed by atoms with Crippen LogP contribution in [-0.4, -0.2) is 23.2 Å². The SMILES string of the molecule is Cl.Fc1ccccc1-c1noc(CC2CNC2)n1. The van der Waals surface area contributed by atoms with E-state index in [0.717, 1.165) is 19.5 Å². The minimum atomic E-state index is -0.329. The van der Waals surface area contributed by atoms with E-state index in [2.05, 4.69) is 15.5 Å². The third-order valence-corrected chi connectivity index (χ3v) is 2.91. The molecule has 1 aromatic heterocycles. The van der Waals surface area contributed by atoms with Gasteiger partial charge in [0.05, 0.1) is 5.56 Å². The minimum Gasteiger partial charge on any atom is -0.339 e. The van der Waals surface area contributed by atoms with E-state index in [-0.39, 0.29) is 18.2 Å². The van der Waals surface area contributed by atoms with Crippen LogP contribution >= 0.6 is 12.4 Å². The molecule has 1 aliphatic heterocycles. The quantitative estimate of drug-likeness (QED) is 0.927. The van der Waals surface area contributed by atoms with Gasteiger partial charge < -0.3 is 9.84 Å². The zero-order valence-electron chi connectivity index (χ0n) is 9.60. The summed E-state index contributed by atoms with van der Waals surface area (Å²) in [5, 5.41) is 6.99. The highest BCUT2D eigenvalue weighted by molar-refractivity contribution is 5.85. The molecule has 0 radical (unpaired) electrons. The third-order valence-electron chi connectivity index (χ3n) is 2.91. The molecule has 4 nitrogen and oxygen atoms in total. The summed E-state index contributed by atoms with van der Waals surface area (Å²) in [6.45, 7) is 1.97. The van der Waals surface area contributed by atoms with Crippen LogP contribution in [0.2, 0.25) is 0 Å². The molecule has 0 aliphatic carbocycles. The van der Waals surface area contributed by atoms with Crippen LogP contribution in [0.1, 0.15) is 5.89 Å². The van der Waals surface area contributed by atoms with Gasteiger partial charge in [0.15, 0.2) is 0 Å². The van der Waals surface area contributed by atoms with Gasteiger partial charge in [-0.1, -0.05) is 17.3 Å². The van der Waals surface area contributed by atoms with Gasteiger partial charge >= 0.3 is 0 Å². The van der Waals surface area contributed by atoms with Gasteiger partial charge in [-0.25, -0.2) is 4.39 Å². The van der Waals surface area contributed by atoms with Crippen LogP contribution in [0.3, 0.4) is 0 Å². The smallest absolute Gasteiger partial charge is 0.227 e. The fourth-order valence-corrected chi connectivity index (χ4v) is 1.83. The van der Waals surface area contributed by atoms with Crippen LogP contribution in [0.5, 0.6) is 0 Å². The number of hydrogen-bond donors (Lipinski definition) is 1. The van der Waals surface area contributed by atoms with Gasteiger partial charge in [0.2, 0.25) is 11.7 Å². The normalized spacial score (nSPS) is 14.9. The molecule has 2 aromatic rings. The van der Waals surface area contributed by atoms with Crippen molar-refractivity contribution in [1.29, 1.82) is 0 Å². The van der Waals surface area contributed by atoms with E-state index in [4.69, 9.17) is 4.52 Å². The van der Waals surface area contributed by atoms with Crippen LogP contribution in [-0.2, 0) is 6.42 Å². The molecule has 6 heteroatoms. The molecule has 0 amide bonds. The Hall–Kier alpha value is -1.46. The number of rotatable bonds is 3. The number of halogens is 2. The van der Waals surface area contributed by atoms with Gasteiger partial charge in [-0.3, -0.25) is 0 Å². The summed E-state index contributed by atoms with van der Waals surface area (Å²) >= 11 is 0. The van der Waals surface area contributed by atoms with Crippen molar-refractivity contribution in [1.82, 2.24) is 15.5 Å². The van der Waals surface area contributed by atoms with Crippen LogP contribution < -0.4 is 5.32 Å². The lowest BCUT2D eigenvalue weighted by Gasteiger charge is -2.25. The molecule has 3 rings (SSSR count). The summed E-state index contributed by atoms with van der Waals surface area (Å²) in [5.41, 5.74) is 0.384. The van der Waals surface area contributed by atoms with Gasteiger partial charge in [0, 0.05) is 6.42 Å². The molecule has 1 aromatic carbocycles. The maximum absolute atomic E-state index is 13.5. The summed E-state index contributed by atoms with van der Waals surface area (Å²) in [6.07, 6.45) is 0.758. The number of nitrogens with zero attached hydrogens (tertiary/aromatic N) is 2. The van der Waals surface area contributed by atoms with Crippen molar-refractivity contribution in [2.45, 2.75) is 6.42 Å². The fraction of sp³-hybridized carbons (Fsp3) is 0.333. The molecule has 0 bridgehead atoms. The van der Waals surface area contributed by atoms with E-state index >= 15 is 0 Å². The lowest BCUT2D eigenvalue weighted by molar-refractivity contribution is 0.296. The second kappa shape index (κ2) is 5.46. The van der Waals surface area contributed by atoms with Crippen molar-refractivity contribution in [3.05, 3.63) is 36.0 Å². The molecule has 0 spiro atoms. The van der Waals surface area contributed by atoms with Crippen molar-refractivity contribution in [2.24, 2.45) is 5.92 Å². The molecular weight excluding hydrogens is 257 g/mol. The predicted octanol–water partition coefficient (Wildman–Crippen LogP) is 2.06. The molecule has 2 heterocycles. The van der Waals surface area contributed by atoms with E-state index in [1.807, 2.05) is 0 Å². The van der Waals surface area contributed by atoms with E-state index < -0.39 is 0 Å². The van der Waals surface area contributed by atoms with E-state index in [1.165, 1.54) is 6.07 Å². The first-order valence-electron chi connectivity index (χ1n) is 5.61. The third kappa shape index (κ3) is 2.52. The van der Waals surface area contributed by atoms with Gasteiger partial charge in [-0.15, -0.1) is 12.4 Å². The number of benzene rings is 1. The number of nitrogens with one attached hydrogen (secondary N) is 1. The maximum atomic E-state index is 13.5. The molecule has 0 unspecified atom stereocenters. The second-order valence-electron chi connectivity index (χ2n) is 4.22. The van der Waals surface area contributed by atoms with Gasteiger partial charge in [0.1, 0.15) is 5.82 Å². The molecule has 1 saturated heterocycles. The second-order valence-corrected chi connectivity index (χ2v) is 4.22. The summed E-state index contributed by atoms with van der Waals surface area (Å²) in [6, 6.07) is 6.43. The zero-order chi connectivity index (χ0) is 11.7. The Bertz CT molecular complexity index is 528. The Morgan fingerprint density at radius 1 is 1.33 bits per heavy atom. The van der Waals surface area contributed by atoms with Gasteiger partial charge in [0.25, 0.3) is 0 Å². The highest BCUT2D eigenvalue weighted by Gasteiger charge is 2.21. The standard InChI is InChI=1S/C12H12FN3O.ClH/c13-10-4-2-1-3-9(10)12-15-11(17-16-12)5-8-6-14-7-8;/h1-4,8,14H,5-7H2;1H. The van der Waals surface area contributed by atoms with Crippen molar-refractivity contribution in [3.63, 3.8) is 0 Å². The Morgan fingerprint density at radius 3 is 2.78 bits per heavy atom. The summed E-state index contributed by atoms with van der Waals surface area (Å²) in [7, 11) is 0. The number of hydrogen-bond acceptors (Lipinski definition) is 4. The minimum absolute atomic E-state index is 0. The topological polar surface area (TPSA) is 51.0 Å². The first-order chi connectivity index (χ1) is 8.33. The molecule has 1 fully saturated rings. The Morgan fingerprint density at radius 2 is 2.11 bits per heavy atom. The zero-order valence-corrected chi connectivity index (χ0v) is 10.4. The summed E-state index contributed by atoms with van der Waals surface area (Å²) in [4.78, 5) is 4.22. The molecule has 0 atom stereocenters. The molecule has 1 aliphatic rings. The Balaban J connectivity index is 0.00000120. The van der Waals surface area contributed by atoms with Crippen LogP contribution in [0.15, 0.2) is 28.8 Å². The van der Waals surface area contributed by atoms with E-state index in [9.17, 15) is 4.39 Å². The maximum Gasteiger partial charge on any atom is 0.227 e. The first-order valence-corrected chi connectivity index (χ1v) is 5.61. The summed E-state index contributed by atoms with van der Waals surface area (Å²) < 4.78 is 18.6. The predicted molar refractivity (Wildman–Crippen MR) is 67.0 cm³/mol. The first kappa shape index (κ1) is 13.0. The molecule has 1 N–H and O–H groups in total. The van der Waals surface area contributed by atoms with Crippen molar-refractivity contribution < 1.29 is 8.91 Å². The Labute approximate surface area is 110 Å².